The molecule has 0 saturated carbocycles. The van der Waals surface area contributed by atoms with Crippen molar-refractivity contribution >= 4 is 69.1 Å². The van der Waals surface area contributed by atoms with Crippen molar-refractivity contribution in [2.75, 3.05) is 0 Å². The monoisotopic (exact) mass is 870 g/mol. The average Bonchev–Trinajstić information content (AvgIpc) is 3.85. The highest BCUT2D eigenvalue weighted by Crippen LogP contribution is 2.38. The number of benzene rings is 1. The number of nitrogens with zero attached hydrogens (tertiary/aromatic N) is 18. The third-order valence-electron chi connectivity index (χ3n) is 9.50. The Morgan fingerprint density at radius 1 is 0.394 bits per heavy atom. The molecule has 0 atom stereocenters. The van der Waals surface area contributed by atoms with Gasteiger partial charge < -0.3 is 9.69 Å². The average molecular weight is 871 g/mol. The van der Waals surface area contributed by atoms with Gasteiger partial charge in [0.05, 0.1) is 35.9 Å². The highest BCUT2D eigenvalue weighted by molar-refractivity contribution is 6.03. The number of fused-ring (bicyclic) bond motifs is 6. The zero-order chi connectivity index (χ0) is 48.0. The summed E-state index contributed by atoms with van der Waals surface area (Å²) in [5.74, 6) is -17.4. The number of hydrogen-bond acceptors (Lipinski definition) is 14. The fourth-order valence-corrected chi connectivity index (χ4v) is 6.88. The van der Waals surface area contributed by atoms with E-state index in [0.717, 1.165) is 0 Å². The second-order valence-electron chi connectivity index (χ2n) is 12.5. The minimum atomic E-state index is -2.06. The highest BCUT2D eigenvalue weighted by atomic mass is 19.2. The summed E-state index contributed by atoms with van der Waals surface area (Å²) in [4.78, 5) is 33.8. The maximum absolute atomic E-state index is 17.3. The summed E-state index contributed by atoms with van der Waals surface area (Å²) in [7, 11) is 0. The van der Waals surface area contributed by atoms with Crippen molar-refractivity contribution in [3.05, 3.63) is 145 Å². The summed E-state index contributed by atoms with van der Waals surface area (Å²) in [5.41, 5.74) is -14.4. The number of aromatic nitrogens is 6. The molecular formula is C42F6N18. The van der Waals surface area contributed by atoms with Gasteiger partial charge in [0, 0.05) is 31.3 Å². The lowest BCUT2D eigenvalue weighted by Gasteiger charge is -2.05. The second-order valence-corrected chi connectivity index (χ2v) is 12.5. The predicted molar refractivity (Wildman–Crippen MR) is 203 cm³/mol. The summed E-state index contributed by atoms with van der Waals surface area (Å²) in [6.07, 6.45) is 0. The van der Waals surface area contributed by atoms with Crippen LogP contribution < -0.4 is 31.3 Å². The van der Waals surface area contributed by atoms with Crippen LogP contribution in [0.2, 0.25) is 0 Å². The van der Waals surface area contributed by atoms with Gasteiger partial charge in [-0.25, -0.2) is 51.0 Å². The van der Waals surface area contributed by atoms with Crippen LogP contribution >= 0.6 is 0 Å². The molecule has 0 N–H and O–H groups in total. The van der Waals surface area contributed by atoms with Gasteiger partial charge in [-0.05, 0) is 0 Å². The number of rotatable bonds is 3. The van der Waals surface area contributed by atoms with E-state index in [1.165, 1.54) is 48.6 Å². The van der Waals surface area contributed by atoms with Crippen LogP contribution in [-0.2, 0) is 0 Å². The maximum atomic E-state index is 17.3. The van der Waals surface area contributed by atoms with Crippen molar-refractivity contribution in [1.82, 2.24) is 29.9 Å². The van der Waals surface area contributed by atoms with E-state index in [9.17, 15) is 42.1 Å². The van der Waals surface area contributed by atoms with Crippen LogP contribution in [0, 0.1) is 117 Å². The fourth-order valence-electron chi connectivity index (χ4n) is 6.88. The van der Waals surface area contributed by atoms with E-state index < -0.39 is 169 Å². The number of allylic oxidation sites excluding steroid dienone is 5. The molecule has 7 rings (SSSR count). The standard InChI is InChI=1S/C42F6N18/c1-57-36-20(12-56)64-40(66-41(36)60-4)16(8-52)22-31(44)24-23-25(32(45)21(30(23)43)15(7-51)39-61-19(11-55)14(6-50)38(59-3)65-39)27-28(26(24)33(22)46)35(48)29(34(27)47)37(58-2)42-62-17(9-53)13(5-49)18(10-54)63-42/b21-15+,22-16-,37-29-. The van der Waals surface area contributed by atoms with Gasteiger partial charge in [-0.1, -0.05) is 18.1 Å². The molecule has 3 aliphatic carbocycles. The van der Waals surface area contributed by atoms with Gasteiger partial charge in [-0.2, -0.15) is 47.1 Å². The van der Waals surface area contributed by atoms with Gasteiger partial charge in [0.1, 0.15) is 105 Å². The van der Waals surface area contributed by atoms with Crippen molar-refractivity contribution in [3.63, 3.8) is 0 Å². The summed E-state index contributed by atoms with van der Waals surface area (Å²) in [6.45, 7) is 29.9. The van der Waals surface area contributed by atoms with E-state index in [1.807, 2.05) is 0 Å². The Hall–Kier alpha value is -11.6. The predicted octanol–water partition coefficient (Wildman–Crippen LogP) is 2.73. The third kappa shape index (κ3) is 5.65. The van der Waals surface area contributed by atoms with Gasteiger partial charge in [0.2, 0.25) is 11.4 Å². The van der Waals surface area contributed by atoms with Gasteiger partial charge >= 0.3 is 0 Å². The first kappa shape index (κ1) is 42.5. The van der Waals surface area contributed by atoms with Gasteiger partial charge in [-0.3, -0.25) is 0 Å². The first-order valence-electron chi connectivity index (χ1n) is 16.9. The Bertz CT molecular complexity index is 3590. The van der Waals surface area contributed by atoms with E-state index in [0.29, 0.717) is 0 Å². The molecule has 300 valence electrons. The Morgan fingerprint density at radius 3 is 1.08 bits per heavy atom. The van der Waals surface area contributed by atoms with E-state index >= 15 is 26.3 Å². The van der Waals surface area contributed by atoms with Crippen molar-refractivity contribution in [2.45, 2.75) is 0 Å². The minimum absolute atomic E-state index is 0.723. The molecule has 0 saturated heterocycles. The molecule has 3 aromatic heterocycles. The van der Waals surface area contributed by atoms with Crippen molar-refractivity contribution < 1.29 is 26.3 Å². The molecule has 0 radical (unpaired) electrons. The van der Waals surface area contributed by atoms with Gasteiger partial charge in [0.25, 0.3) is 23.3 Å². The molecule has 4 aromatic rings. The third-order valence-corrected chi connectivity index (χ3v) is 9.50. The Morgan fingerprint density at radius 2 is 0.742 bits per heavy atom. The van der Waals surface area contributed by atoms with Crippen LogP contribution in [0.3, 0.4) is 0 Å². The largest absolute Gasteiger partial charge is 0.371 e. The van der Waals surface area contributed by atoms with Crippen LogP contribution in [-0.4, -0.2) is 29.9 Å². The number of nitriles is 8. The molecule has 0 bridgehead atoms. The fraction of sp³-hybridized carbons (Fsp3) is 0. The normalized spacial score (nSPS) is 15.0. The summed E-state index contributed by atoms with van der Waals surface area (Å²) >= 11 is 0. The van der Waals surface area contributed by atoms with Crippen LogP contribution in [0.25, 0.3) is 71.2 Å². The zero-order valence-corrected chi connectivity index (χ0v) is 31.3. The molecular weight excluding hydrogens is 871 g/mol. The molecule has 0 spiro atoms. The molecule has 0 unspecified atom stereocenters. The van der Waals surface area contributed by atoms with Crippen molar-refractivity contribution in [1.29, 1.82) is 42.1 Å². The highest BCUT2D eigenvalue weighted by Gasteiger charge is 2.39. The molecule has 0 fully saturated rings. The van der Waals surface area contributed by atoms with Crippen LogP contribution in [0.5, 0.6) is 0 Å². The zero-order valence-electron chi connectivity index (χ0n) is 31.3. The minimum Gasteiger partial charge on any atom is -0.371 e. The Kier molecular flexibility index (Phi) is 10.1. The molecule has 1 aromatic carbocycles. The van der Waals surface area contributed by atoms with E-state index in [4.69, 9.17) is 26.3 Å². The lowest BCUT2D eigenvalue weighted by molar-refractivity contribution is 0.725. The molecule has 24 heteroatoms. The van der Waals surface area contributed by atoms with E-state index in [1.54, 1.807) is 0 Å². The van der Waals surface area contributed by atoms with E-state index in [-0.39, 0.29) is 0 Å². The van der Waals surface area contributed by atoms with E-state index in [2.05, 4.69) is 49.3 Å². The Labute approximate surface area is 360 Å². The molecule has 3 aliphatic rings. The van der Waals surface area contributed by atoms with Crippen molar-refractivity contribution in [3.8, 4) is 48.6 Å². The van der Waals surface area contributed by atoms with Crippen LogP contribution in [0.1, 0.15) is 51.4 Å². The van der Waals surface area contributed by atoms with Gasteiger partial charge in [0.15, 0.2) is 22.9 Å². The molecule has 18 nitrogen and oxygen atoms in total. The topological polar surface area (TPSA) is 285 Å². The molecule has 66 heavy (non-hydrogen) atoms. The van der Waals surface area contributed by atoms with Crippen LogP contribution in [0.4, 0.5) is 43.7 Å². The molecule has 3 heterocycles. The second kappa shape index (κ2) is 15.8. The lowest BCUT2D eigenvalue weighted by Crippen LogP contribution is -2.64. The summed E-state index contributed by atoms with van der Waals surface area (Å²) in [6, 6.07) is 11.4. The summed E-state index contributed by atoms with van der Waals surface area (Å²) in [5, 5.41) is 69.1. The first-order chi connectivity index (χ1) is 31.7. The van der Waals surface area contributed by atoms with Crippen LogP contribution in [0.15, 0.2) is 16.7 Å². The van der Waals surface area contributed by atoms with Crippen molar-refractivity contribution in [2.24, 2.45) is 0 Å². The van der Waals surface area contributed by atoms with Gasteiger partial charge in [-0.15, -0.1) is 4.98 Å². The lowest BCUT2D eigenvalue weighted by atomic mass is 10.1. The quantitative estimate of drug-likeness (QED) is 0.163. The molecule has 0 aliphatic heterocycles. The number of hydrogen-bond donors (Lipinski definition) is 0. The molecule has 0 amide bonds. The maximum Gasteiger partial charge on any atom is 0.292 e. The smallest absolute Gasteiger partial charge is 0.292 e. The first-order valence-corrected chi connectivity index (χ1v) is 16.9. The number of halogens is 6. The Balaban J connectivity index is 1.81. The summed E-state index contributed by atoms with van der Waals surface area (Å²) < 4.78 is 104. The SMILES string of the molecule is [C-]#[N+]/C(=C1/C(F)=c2c3c(c4c(c2=C1F)=C(F)/C(=C(/C#N)c1nc(C#N)c([N+]#[C-])c([N+]#[C-])n1)C=4F)=C(F)/C(=C(/C#N)c1nc(C#N)c(C#N)c([N+]#[C-])n1)C=3F)c1nc(C#N)c(C#N)c(C#N)n1.